The first-order valence-electron chi connectivity index (χ1n) is 9.46. The van der Waals surface area contributed by atoms with Gasteiger partial charge in [0.05, 0.1) is 11.5 Å². The van der Waals surface area contributed by atoms with Crippen LogP contribution in [0.5, 0.6) is 0 Å². The fourth-order valence-corrected chi connectivity index (χ4v) is 4.98. The van der Waals surface area contributed by atoms with Gasteiger partial charge in [0, 0.05) is 25.7 Å². The number of thioether (sulfide) groups is 1. The quantitative estimate of drug-likeness (QED) is 0.264. The Labute approximate surface area is 178 Å². The molecule has 1 aromatic carbocycles. The van der Waals surface area contributed by atoms with Crippen molar-refractivity contribution >= 4 is 25.4 Å². The normalized spacial score (nSPS) is 19.1. The molecule has 2 rings (SSSR count). The molecule has 1 heterocycles. The van der Waals surface area contributed by atoms with Gasteiger partial charge >= 0.3 is 19.5 Å². The van der Waals surface area contributed by atoms with Gasteiger partial charge in [-0.3, -0.25) is 4.57 Å². The second-order valence-corrected chi connectivity index (χ2v) is 10.3. The first kappa shape index (κ1) is 24.8. The molecule has 0 saturated carbocycles. The van der Waals surface area contributed by atoms with Crippen molar-refractivity contribution < 1.29 is 33.0 Å². The third-order valence-electron chi connectivity index (χ3n) is 4.68. The van der Waals surface area contributed by atoms with E-state index in [-0.39, 0.29) is 17.1 Å². The van der Waals surface area contributed by atoms with E-state index in [2.05, 4.69) is 0 Å². The van der Waals surface area contributed by atoms with Gasteiger partial charge in [-0.25, -0.2) is 4.79 Å². The number of urea groups is 1. The fourth-order valence-electron chi connectivity index (χ4n) is 3.10. The number of nitrogens with zero attached hydrogens (tertiary/aromatic N) is 2. The van der Waals surface area contributed by atoms with Crippen LogP contribution in [0, 0.1) is 0 Å². The number of benzene rings is 1. The molecule has 3 N–H and O–H groups in total. The van der Waals surface area contributed by atoms with Crippen LogP contribution in [0.1, 0.15) is 18.4 Å². The third-order valence-corrected chi connectivity index (χ3v) is 7.33. The number of aliphatic hydroxyl groups excluding tert-OH is 1. The number of hydrogen-bond donors (Lipinski definition) is 3. The summed E-state index contributed by atoms with van der Waals surface area (Å²) < 4.78 is 39.7. The van der Waals surface area contributed by atoms with Gasteiger partial charge in [0.15, 0.2) is 0 Å². The van der Waals surface area contributed by atoms with E-state index in [9.17, 15) is 23.2 Å². The van der Waals surface area contributed by atoms with E-state index < -0.39 is 25.7 Å². The predicted octanol–water partition coefficient (Wildman–Crippen LogP) is 3.08. The first-order chi connectivity index (χ1) is 14.0. The van der Waals surface area contributed by atoms with E-state index in [0.29, 0.717) is 31.7 Å². The van der Waals surface area contributed by atoms with Crippen LogP contribution >= 0.6 is 19.4 Å². The summed E-state index contributed by atoms with van der Waals surface area (Å²) in [6.45, 7) is 0.714. The van der Waals surface area contributed by atoms with Crippen molar-refractivity contribution in [3.8, 4) is 0 Å². The van der Waals surface area contributed by atoms with Crippen LogP contribution in [0.2, 0.25) is 0 Å². The number of amides is 2. The van der Waals surface area contributed by atoms with Crippen molar-refractivity contribution in [1.29, 1.82) is 0 Å². The Morgan fingerprint density at radius 3 is 2.60 bits per heavy atom. The Morgan fingerprint density at radius 1 is 1.30 bits per heavy atom. The molecule has 0 aliphatic carbocycles. The molecule has 2 atom stereocenters. The van der Waals surface area contributed by atoms with Crippen LogP contribution in [0.25, 0.3) is 0 Å². The molecule has 7 nitrogen and oxygen atoms in total. The SMILES string of the molecule is CN1CC(C=CC(O)C(F)(F)c2ccccc2)N(CCCCSCP(=O)(O)O)C1=O. The molecule has 0 bridgehead atoms. The number of alkyl halides is 2. The molecule has 30 heavy (non-hydrogen) atoms. The summed E-state index contributed by atoms with van der Waals surface area (Å²) in [5.41, 5.74) is -0.525. The maximum Gasteiger partial charge on any atom is 0.335 e. The van der Waals surface area contributed by atoms with E-state index in [0.717, 1.165) is 17.8 Å². The van der Waals surface area contributed by atoms with Gasteiger partial charge in [-0.2, -0.15) is 8.78 Å². The van der Waals surface area contributed by atoms with Crippen LogP contribution < -0.4 is 0 Å². The summed E-state index contributed by atoms with van der Waals surface area (Å²) in [4.78, 5) is 33.0. The van der Waals surface area contributed by atoms with E-state index in [4.69, 9.17) is 9.79 Å². The van der Waals surface area contributed by atoms with Gasteiger partial charge in [0.2, 0.25) is 0 Å². The van der Waals surface area contributed by atoms with Crippen molar-refractivity contribution in [2.75, 3.05) is 31.4 Å². The zero-order valence-corrected chi connectivity index (χ0v) is 18.3. The number of carbonyl (C=O) groups is 1. The monoisotopic (exact) mass is 464 g/mol. The summed E-state index contributed by atoms with van der Waals surface area (Å²) in [5.74, 6) is -2.90. The van der Waals surface area contributed by atoms with E-state index in [1.807, 2.05) is 0 Å². The van der Waals surface area contributed by atoms with Crippen molar-refractivity contribution in [2.45, 2.75) is 30.9 Å². The van der Waals surface area contributed by atoms with E-state index in [1.165, 1.54) is 35.2 Å². The first-order valence-corrected chi connectivity index (χ1v) is 12.4. The topological polar surface area (TPSA) is 101 Å². The molecular formula is C19H27F2N2O5PS. The molecular weight excluding hydrogens is 437 g/mol. The highest BCUT2D eigenvalue weighted by Crippen LogP contribution is 2.38. The Hall–Kier alpha value is -1.45. The number of carbonyl (C=O) groups excluding carboxylic acids is 1. The lowest BCUT2D eigenvalue weighted by Crippen LogP contribution is -2.35. The number of aliphatic hydroxyl groups is 1. The van der Waals surface area contributed by atoms with Crippen LogP contribution in [0.15, 0.2) is 42.5 Å². The Bertz CT molecular complexity index is 777. The summed E-state index contributed by atoms with van der Waals surface area (Å²) >= 11 is 1.15. The molecule has 0 spiro atoms. The minimum Gasteiger partial charge on any atom is -0.382 e. The highest BCUT2D eigenvalue weighted by Gasteiger charge is 2.39. The summed E-state index contributed by atoms with van der Waals surface area (Å²) in [6.07, 6.45) is 1.72. The molecule has 168 valence electrons. The molecule has 0 radical (unpaired) electrons. The zero-order chi connectivity index (χ0) is 22.4. The molecule has 2 unspecified atom stereocenters. The largest absolute Gasteiger partial charge is 0.382 e. The Kier molecular flexibility index (Phi) is 8.87. The highest BCUT2D eigenvalue weighted by molar-refractivity contribution is 8.04. The number of unbranched alkanes of at least 4 members (excludes halogenated alkanes) is 1. The standard InChI is InChI=1S/C19H27F2N2O5PS/c1-22-13-16(9-10-17(24)19(20,21)15-7-3-2-4-8-15)23(18(22)25)11-5-6-12-30-14-29(26,27)28/h2-4,7-10,16-17,24H,5-6,11-14H2,1H3,(H2,26,27,28). The lowest BCUT2D eigenvalue weighted by atomic mass is 10.0. The summed E-state index contributed by atoms with van der Waals surface area (Å²) in [7, 11) is -2.40. The van der Waals surface area contributed by atoms with Crippen molar-refractivity contribution in [1.82, 2.24) is 9.80 Å². The number of halogens is 2. The number of hydrogen-bond acceptors (Lipinski definition) is 4. The summed E-state index contributed by atoms with van der Waals surface area (Å²) in [6, 6.07) is 6.41. The molecule has 2 amide bonds. The predicted molar refractivity (Wildman–Crippen MR) is 113 cm³/mol. The van der Waals surface area contributed by atoms with Crippen molar-refractivity contribution in [3.63, 3.8) is 0 Å². The highest BCUT2D eigenvalue weighted by atomic mass is 32.2. The summed E-state index contributed by atoms with van der Waals surface area (Å²) in [5, 5.41) is 10.0. The van der Waals surface area contributed by atoms with Crippen molar-refractivity contribution in [2.24, 2.45) is 0 Å². The number of rotatable bonds is 11. The number of likely N-dealkylation sites (N-methyl/N-ethyl adjacent to an activating group) is 1. The van der Waals surface area contributed by atoms with Crippen LogP contribution in [-0.2, 0) is 10.5 Å². The lowest BCUT2D eigenvalue weighted by Gasteiger charge is -2.23. The van der Waals surface area contributed by atoms with Gasteiger partial charge in [0.1, 0.15) is 6.10 Å². The maximum atomic E-state index is 14.4. The fraction of sp³-hybridized carbons (Fsp3) is 0.526. The van der Waals surface area contributed by atoms with E-state index in [1.54, 1.807) is 18.0 Å². The Balaban J connectivity index is 1.91. The zero-order valence-electron chi connectivity index (χ0n) is 16.6. The molecule has 0 aromatic heterocycles. The molecule has 1 aliphatic heterocycles. The molecule has 1 aliphatic rings. The molecule has 11 heteroatoms. The molecule has 1 aromatic rings. The maximum absolute atomic E-state index is 14.4. The van der Waals surface area contributed by atoms with Gasteiger partial charge in [-0.1, -0.05) is 42.5 Å². The van der Waals surface area contributed by atoms with Crippen LogP contribution in [-0.4, -0.2) is 74.3 Å². The minimum absolute atomic E-state index is 0.225. The van der Waals surface area contributed by atoms with Gasteiger partial charge < -0.3 is 24.7 Å². The molecule has 1 saturated heterocycles. The van der Waals surface area contributed by atoms with Gasteiger partial charge in [-0.15, -0.1) is 11.8 Å². The molecule has 1 fully saturated rings. The third kappa shape index (κ3) is 7.06. The lowest BCUT2D eigenvalue weighted by molar-refractivity contribution is -0.0929. The minimum atomic E-state index is -4.02. The smallest absolute Gasteiger partial charge is 0.335 e. The average molecular weight is 464 g/mol. The Morgan fingerprint density at radius 2 is 1.97 bits per heavy atom. The van der Waals surface area contributed by atoms with E-state index >= 15 is 0 Å². The van der Waals surface area contributed by atoms with Gasteiger partial charge in [0.25, 0.3) is 0 Å². The van der Waals surface area contributed by atoms with Crippen LogP contribution in [0.3, 0.4) is 0 Å². The van der Waals surface area contributed by atoms with Crippen molar-refractivity contribution in [3.05, 3.63) is 48.0 Å². The average Bonchev–Trinajstić information content (AvgIpc) is 2.96. The van der Waals surface area contributed by atoms with Crippen LogP contribution in [0.4, 0.5) is 13.6 Å². The van der Waals surface area contributed by atoms with Gasteiger partial charge in [-0.05, 0) is 18.6 Å². The second kappa shape index (κ2) is 10.7. The second-order valence-electron chi connectivity index (χ2n) is 7.15.